The largest absolute Gasteiger partial charge is 0.385 e. The van der Waals surface area contributed by atoms with Gasteiger partial charge in [-0.15, -0.1) is 0 Å². The van der Waals surface area contributed by atoms with Crippen LogP contribution in [0.3, 0.4) is 0 Å². The Balaban J connectivity index is 2.63. The van der Waals surface area contributed by atoms with Gasteiger partial charge in [0.15, 0.2) is 0 Å². The third kappa shape index (κ3) is 1.76. The summed E-state index contributed by atoms with van der Waals surface area (Å²) < 4.78 is 10.7. The summed E-state index contributed by atoms with van der Waals surface area (Å²) in [6.45, 7) is 3.79. The Morgan fingerprint density at radius 2 is 2.17 bits per heavy atom. The molecule has 12 heavy (non-hydrogen) atoms. The minimum atomic E-state index is -0.535. The molecule has 0 radical (unpaired) electrons. The number of amidine groups is 1. The van der Waals surface area contributed by atoms with Crippen LogP contribution >= 0.6 is 0 Å². The maximum atomic E-state index is 7.44. The Bertz CT molecular complexity index is 159. The minimum absolute atomic E-state index is 0.132. The molecule has 0 unspecified atom stereocenters. The van der Waals surface area contributed by atoms with E-state index in [9.17, 15) is 0 Å². The summed E-state index contributed by atoms with van der Waals surface area (Å²) in [5.74, 6) is 0.132. The Morgan fingerprint density at radius 3 is 2.58 bits per heavy atom. The number of hydrogen-bond acceptors (Lipinski definition) is 3. The lowest BCUT2D eigenvalue weighted by Crippen LogP contribution is -2.49. The number of hydrogen-bond donors (Lipinski definition) is 2. The lowest BCUT2D eigenvalue weighted by atomic mass is 9.93. The highest BCUT2D eigenvalue weighted by Gasteiger charge is 2.36. The van der Waals surface area contributed by atoms with Crippen LogP contribution in [-0.2, 0) is 9.47 Å². The molecular weight excluding hydrogens is 156 g/mol. The van der Waals surface area contributed by atoms with Gasteiger partial charge in [0.1, 0.15) is 11.4 Å². The van der Waals surface area contributed by atoms with E-state index in [4.69, 9.17) is 20.6 Å². The molecule has 1 saturated heterocycles. The zero-order valence-corrected chi connectivity index (χ0v) is 7.43. The molecule has 4 nitrogen and oxygen atoms in total. The highest BCUT2D eigenvalue weighted by atomic mass is 16.5. The van der Waals surface area contributed by atoms with Crippen LogP contribution in [0.25, 0.3) is 0 Å². The highest BCUT2D eigenvalue weighted by molar-refractivity contribution is 5.86. The van der Waals surface area contributed by atoms with Crippen molar-refractivity contribution in [2.24, 2.45) is 5.73 Å². The van der Waals surface area contributed by atoms with E-state index < -0.39 is 5.60 Å². The summed E-state index contributed by atoms with van der Waals surface area (Å²) in [5.41, 5.74) is 4.96. The minimum Gasteiger partial charge on any atom is -0.385 e. The van der Waals surface area contributed by atoms with Gasteiger partial charge in [-0.1, -0.05) is 0 Å². The molecule has 1 rings (SSSR count). The monoisotopic (exact) mass is 172 g/mol. The van der Waals surface area contributed by atoms with Crippen LogP contribution in [0.15, 0.2) is 0 Å². The smallest absolute Gasteiger partial charge is 0.129 e. The van der Waals surface area contributed by atoms with E-state index in [0.717, 1.165) is 0 Å². The van der Waals surface area contributed by atoms with Gasteiger partial charge >= 0.3 is 0 Å². The molecule has 0 atom stereocenters. The van der Waals surface area contributed by atoms with E-state index in [-0.39, 0.29) is 5.84 Å². The van der Waals surface area contributed by atoms with Crippen molar-refractivity contribution in [2.45, 2.75) is 25.4 Å². The molecule has 4 heteroatoms. The standard InChI is InChI=1S/C8H16N2O2/c1-2-12-8(7(9)10)3-5-11-6-4-8/h2-6H2,1H3,(H3,9,10). The first-order valence-corrected chi connectivity index (χ1v) is 4.27. The van der Waals surface area contributed by atoms with Gasteiger partial charge in [0.25, 0.3) is 0 Å². The second kappa shape index (κ2) is 3.87. The van der Waals surface area contributed by atoms with Gasteiger partial charge in [-0.3, -0.25) is 5.41 Å². The average Bonchev–Trinajstić information content (AvgIpc) is 2.06. The molecule has 1 aliphatic rings. The highest BCUT2D eigenvalue weighted by Crippen LogP contribution is 2.24. The zero-order valence-electron chi connectivity index (χ0n) is 7.43. The van der Waals surface area contributed by atoms with Crippen LogP contribution < -0.4 is 5.73 Å². The van der Waals surface area contributed by atoms with Crippen LogP contribution in [0.4, 0.5) is 0 Å². The molecule has 0 aromatic rings. The van der Waals surface area contributed by atoms with Crippen molar-refractivity contribution in [3.63, 3.8) is 0 Å². The number of nitrogens with one attached hydrogen (secondary N) is 1. The first-order chi connectivity index (χ1) is 5.71. The van der Waals surface area contributed by atoms with E-state index in [1.165, 1.54) is 0 Å². The summed E-state index contributed by atoms with van der Waals surface area (Å²) in [6, 6.07) is 0. The van der Waals surface area contributed by atoms with Crippen molar-refractivity contribution in [3.8, 4) is 0 Å². The summed E-state index contributed by atoms with van der Waals surface area (Å²) in [4.78, 5) is 0. The maximum absolute atomic E-state index is 7.44. The van der Waals surface area contributed by atoms with Crippen LogP contribution in [0.5, 0.6) is 0 Å². The van der Waals surface area contributed by atoms with E-state index >= 15 is 0 Å². The average molecular weight is 172 g/mol. The van der Waals surface area contributed by atoms with Crippen molar-refractivity contribution in [1.82, 2.24) is 0 Å². The van der Waals surface area contributed by atoms with Crippen molar-refractivity contribution < 1.29 is 9.47 Å². The summed E-state index contributed by atoms with van der Waals surface area (Å²) in [6.07, 6.45) is 1.41. The third-order valence-electron chi connectivity index (χ3n) is 2.21. The van der Waals surface area contributed by atoms with E-state index in [0.29, 0.717) is 32.7 Å². The Kier molecular flexibility index (Phi) is 3.05. The van der Waals surface area contributed by atoms with Crippen molar-refractivity contribution in [2.75, 3.05) is 19.8 Å². The van der Waals surface area contributed by atoms with Gasteiger partial charge in [0.05, 0.1) is 0 Å². The van der Waals surface area contributed by atoms with Gasteiger partial charge < -0.3 is 15.2 Å². The van der Waals surface area contributed by atoms with E-state index in [1.807, 2.05) is 6.92 Å². The molecule has 1 heterocycles. The van der Waals surface area contributed by atoms with Crippen LogP contribution in [-0.4, -0.2) is 31.3 Å². The van der Waals surface area contributed by atoms with Crippen molar-refractivity contribution >= 4 is 5.84 Å². The third-order valence-corrected chi connectivity index (χ3v) is 2.21. The lowest BCUT2D eigenvalue weighted by molar-refractivity contribution is -0.0649. The first kappa shape index (κ1) is 9.48. The summed E-state index contributed by atoms with van der Waals surface area (Å²) >= 11 is 0. The number of rotatable bonds is 3. The second-order valence-corrected chi connectivity index (χ2v) is 2.95. The number of nitrogens with two attached hydrogens (primary N) is 1. The molecule has 70 valence electrons. The maximum Gasteiger partial charge on any atom is 0.129 e. The molecule has 0 amide bonds. The van der Waals surface area contributed by atoms with Gasteiger partial charge in [-0.2, -0.15) is 0 Å². The number of ether oxygens (including phenoxy) is 2. The lowest BCUT2D eigenvalue weighted by Gasteiger charge is -2.35. The second-order valence-electron chi connectivity index (χ2n) is 2.95. The summed E-state index contributed by atoms with van der Waals surface area (Å²) in [7, 11) is 0. The molecule has 0 aliphatic carbocycles. The van der Waals surface area contributed by atoms with Crippen molar-refractivity contribution in [3.05, 3.63) is 0 Å². The normalized spacial score (nSPS) is 22.1. The molecule has 0 bridgehead atoms. The Labute approximate surface area is 72.5 Å². The Morgan fingerprint density at radius 1 is 1.58 bits per heavy atom. The summed E-state index contributed by atoms with van der Waals surface area (Å²) in [5, 5.41) is 7.44. The topological polar surface area (TPSA) is 68.3 Å². The van der Waals surface area contributed by atoms with Crippen LogP contribution in [0.1, 0.15) is 19.8 Å². The fraction of sp³-hybridized carbons (Fsp3) is 0.875. The molecule has 0 aromatic heterocycles. The molecule has 0 aromatic carbocycles. The van der Waals surface area contributed by atoms with Crippen LogP contribution in [0.2, 0.25) is 0 Å². The molecule has 1 fully saturated rings. The van der Waals surface area contributed by atoms with Gasteiger partial charge in [-0.25, -0.2) is 0 Å². The van der Waals surface area contributed by atoms with Gasteiger partial charge in [0.2, 0.25) is 0 Å². The fourth-order valence-electron chi connectivity index (χ4n) is 1.47. The fourth-order valence-corrected chi connectivity index (χ4v) is 1.47. The van der Waals surface area contributed by atoms with E-state index in [1.54, 1.807) is 0 Å². The molecule has 1 aliphatic heterocycles. The molecule has 0 spiro atoms. The van der Waals surface area contributed by atoms with Gasteiger partial charge in [0, 0.05) is 32.7 Å². The predicted molar refractivity (Wildman–Crippen MR) is 46.3 cm³/mol. The molecule has 3 N–H and O–H groups in total. The first-order valence-electron chi connectivity index (χ1n) is 4.27. The molecule has 0 saturated carbocycles. The van der Waals surface area contributed by atoms with Crippen molar-refractivity contribution in [1.29, 1.82) is 5.41 Å². The molecular formula is C8H16N2O2. The SMILES string of the molecule is CCOC1(C(=N)N)CCOCC1. The van der Waals surface area contributed by atoms with E-state index in [2.05, 4.69) is 0 Å². The predicted octanol–water partition coefficient (Wildman–Crippen LogP) is 0.508. The van der Waals surface area contributed by atoms with Crippen LogP contribution in [0, 0.1) is 5.41 Å². The quantitative estimate of drug-likeness (QED) is 0.481. The Hall–Kier alpha value is -0.610. The zero-order chi connectivity index (χ0) is 9.03. The van der Waals surface area contributed by atoms with Gasteiger partial charge in [-0.05, 0) is 6.92 Å².